The van der Waals surface area contributed by atoms with Crippen LogP contribution in [0.3, 0.4) is 0 Å². The number of hydrogen-bond donors (Lipinski definition) is 0. The molecule has 0 aromatic heterocycles. The summed E-state index contributed by atoms with van der Waals surface area (Å²) in [5.41, 5.74) is 0.937. The largest absolute Gasteiger partial charge is 0.490 e. The Labute approximate surface area is 111 Å². The smallest absolute Gasteiger partial charge is 0.184 e. The monoisotopic (exact) mass is 270 g/mol. The fourth-order valence-corrected chi connectivity index (χ4v) is 2.19. The van der Waals surface area contributed by atoms with Crippen LogP contribution in [0.25, 0.3) is 0 Å². The summed E-state index contributed by atoms with van der Waals surface area (Å²) in [7, 11) is 0. The molecule has 5 heteroatoms. The topological polar surface area (TPSA) is 36.9 Å². The van der Waals surface area contributed by atoms with Crippen molar-refractivity contribution < 1.29 is 18.9 Å². The summed E-state index contributed by atoms with van der Waals surface area (Å²) in [4.78, 5) is 0. The minimum atomic E-state index is -0.356. The van der Waals surface area contributed by atoms with Crippen molar-refractivity contribution in [2.24, 2.45) is 0 Å². The Morgan fingerprint density at radius 2 is 2.00 bits per heavy atom. The number of benzene rings is 1. The average molecular weight is 271 g/mol. The molecule has 0 amide bonds. The van der Waals surface area contributed by atoms with Gasteiger partial charge >= 0.3 is 0 Å². The molecule has 0 spiro atoms. The maximum absolute atomic E-state index is 5.75. The molecule has 0 radical (unpaired) electrons. The second-order valence-electron chi connectivity index (χ2n) is 4.33. The van der Waals surface area contributed by atoms with Crippen molar-refractivity contribution in [2.75, 3.05) is 25.7 Å². The van der Waals surface area contributed by atoms with E-state index in [0.29, 0.717) is 25.7 Å². The lowest BCUT2D eigenvalue weighted by molar-refractivity contribution is -0.0568. The Morgan fingerprint density at radius 3 is 2.78 bits per heavy atom. The van der Waals surface area contributed by atoms with Crippen molar-refractivity contribution in [1.82, 2.24) is 0 Å². The van der Waals surface area contributed by atoms with Gasteiger partial charge < -0.3 is 18.9 Å². The summed E-state index contributed by atoms with van der Waals surface area (Å²) in [6, 6.07) is 5.76. The summed E-state index contributed by atoms with van der Waals surface area (Å²) in [6.07, 6.45) is 0.507. The van der Waals surface area contributed by atoms with Gasteiger partial charge in [0.25, 0.3) is 0 Å². The SMILES string of the molecule is ClCC1COC(c2ccc3c(c2)OCCCO3)O1. The van der Waals surface area contributed by atoms with Crippen molar-refractivity contribution in [3.8, 4) is 11.5 Å². The van der Waals surface area contributed by atoms with Gasteiger partial charge in [0.15, 0.2) is 17.8 Å². The predicted molar refractivity (Wildman–Crippen MR) is 66.3 cm³/mol. The third-order valence-electron chi connectivity index (χ3n) is 2.97. The molecule has 0 N–H and O–H groups in total. The number of alkyl halides is 1. The Bertz CT molecular complexity index is 423. The van der Waals surface area contributed by atoms with Crippen LogP contribution in [-0.2, 0) is 9.47 Å². The van der Waals surface area contributed by atoms with Crippen LogP contribution in [0.1, 0.15) is 18.3 Å². The Kier molecular flexibility index (Phi) is 3.59. The quantitative estimate of drug-likeness (QED) is 0.774. The molecular formula is C13H15ClO4. The first kappa shape index (κ1) is 12.1. The van der Waals surface area contributed by atoms with Crippen LogP contribution < -0.4 is 9.47 Å². The molecule has 0 bridgehead atoms. The summed E-state index contributed by atoms with van der Waals surface area (Å²) >= 11 is 5.75. The van der Waals surface area contributed by atoms with E-state index in [-0.39, 0.29) is 12.4 Å². The third-order valence-corrected chi connectivity index (χ3v) is 3.31. The molecule has 1 aromatic rings. The molecule has 4 nitrogen and oxygen atoms in total. The Morgan fingerprint density at radius 1 is 1.17 bits per heavy atom. The highest BCUT2D eigenvalue weighted by Gasteiger charge is 2.27. The van der Waals surface area contributed by atoms with E-state index in [9.17, 15) is 0 Å². The van der Waals surface area contributed by atoms with E-state index >= 15 is 0 Å². The fraction of sp³-hybridized carbons (Fsp3) is 0.538. The van der Waals surface area contributed by atoms with Crippen LogP contribution >= 0.6 is 11.6 Å². The van der Waals surface area contributed by atoms with Crippen LogP contribution in [0, 0.1) is 0 Å². The van der Waals surface area contributed by atoms with Crippen molar-refractivity contribution in [3.63, 3.8) is 0 Å². The van der Waals surface area contributed by atoms with Gasteiger partial charge in [0, 0.05) is 12.0 Å². The second kappa shape index (κ2) is 5.34. The maximum atomic E-state index is 5.75. The van der Waals surface area contributed by atoms with E-state index in [4.69, 9.17) is 30.5 Å². The standard InChI is InChI=1S/C13H15ClO4/c14-7-10-8-17-13(18-10)9-2-3-11-12(6-9)16-5-1-4-15-11/h2-3,6,10,13H,1,4-5,7-8H2. The summed E-state index contributed by atoms with van der Waals surface area (Å²) < 4.78 is 22.5. The summed E-state index contributed by atoms with van der Waals surface area (Å²) in [5.74, 6) is 1.98. The first-order valence-corrected chi connectivity index (χ1v) is 6.63. The van der Waals surface area contributed by atoms with E-state index in [1.807, 2.05) is 18.2 Å². The first-order valence-electron chi connectivity index (χ1n) is 6.09. The van der Waals surface area contributed by atoms with Crippen LogP contribution in [0.4, 0.5) is 0 Å². The Hall–Kier alpha value is -0.970. The van der Waals surface area contributed by atoms with Crippen molar-refractivity contribution in [3.05, 3.63) is 23.8 Å². The van der Waals surface area contributed by atoms with Crippen molar-refractivity contribution >= 4 is 11.6 Å². The molecule has 98 valence electrons. The van der Waals surface area contributed by atoms with Gasteiger partial charge in [-0.1, -0.05) is 6.07 Å². The second-order valence-corrected chi connectivity index (χ2v) is 4.64. The van der Waals surface area contributed by atoms with Gasteiger partial charge in [-0.15, -0.1) is 11.6 Å². The first-order chi connectivity index (χ1) is 8.86. The van der Waals surface area contributed by atoms with Crippen molar-refractivity contribution in [1.29, 1.82) is 0 Å². The number of halogens is 1. The molecule has 2 unspecified atom stereocenters. The molecule has 2 heterocycles. The lowest BCUT2D eigenvalue weighted by Crippen LogP contribution is -2.10. The molecule has 1 aromatic carbocycles. The minimum Gasteiger partial charge on any atom is -0.490 e. The van der Waals surface area contributed by atoms with Crippen LogP contribution in [0.5, 0.6) is 11.5 Å². The van der Waals surface area contributed by atoms with Gasteiger partial charge in [-0.05, 0) is 12.1 Å². The molecular weight excluding hydrogens is 256 g/mol. The van der Waals surface area contributed by atoms with Gasteiger partial charge in [0.05, 0.1) is 31.8 Å². The van der Waals surface area contributed by atoms with E-state index in [2.05, 4.69) is 0 Å². The molecule has 3 rings (SSSR count). The summed E-state index contributed by atoms with van der Waals surface area (Å²) in [5, 5.41) is 0. The molecule has 2 aliphatic heterocycles. The molecule has 0 aliphatic carbocycles. The average Bonchev–Trinajstić information content (AvgIpc) is 2.76. The predicted octanol–water partition coefficient (Wildman–Crippen LogP) is 2.50. The molecule has 0 saturated carbocycles. The van der Waals surface area contributed by atoms with Gasteiger partial charge in [0.1, 0.15) is 0 Å². The van der Waals surface area contributed by atoms with Crippen LogP contribution in [0.15, 0.2) is 18.2 Å². The van der Waals surface area contributed by atoms with E-state index in [1.165, 1.54) is 0 Å². The lowest BCUT2D eigenvalue weighted by atomic mass is 10.2. The third kappa shape index (κ3) is 2.41. The zero-order valence-corrected chi connectivity index (χ0v) is 10.7. The van der Waals surface area contributed by atoms with Crippen LogP contribution in [-0.4, -0.2) is 31.8 Å². The van der Waals surface area contributed by atoms with Gasteiger partial charge in [-0.25, -0.2) is 0 Å². The highest BCUT2D eigenvalue weighted by Crippen LogP contribution is 2.35. The van der Waals surface area contributed by atoms with Crippen molar-refractivity contribution in [2.45, 2.75) is 18.8 Å². The molecule has 18 heavy (non-hydrogen) atoms. The summed E-state index contributed by atoms with van der Waals surface area (Å²) in [6.45, 7) is 1.90. The van der Waals surface area contributed by atoms with E-state index < -0.39 is 0 Å². The lowest BCUT2D eigenvalue weighted by Gasteiger charge is -2.13. The zero-order valence-electron chi connectivity index (χ0n) is 9.93. The number of hydrogen-bond acceptors (Lipinski definition) is 4. The van der Waals surface area contributed by atoms with E-state index in [0.717, 1.165) is 23.5 Å². The fourth-order valence-electron chi connectivity index (χ4n) is 2.03. The number of ether oxygens (including phenoxy) is 4. The number of fused-ring (bicyclic) bond motifs is 1. The molecule has 2 atom stereocenters. The maximum Gasteiger partial charge on any atom is 0.184 e. The molecule has 1 saturated heterocycles. The minimum absolute atomic E-state index is 0.0346. The van der Waals surface area contributed by atoms with Gasteiger partial charge in [-0.3, -0.25) is 0 Å². The van der Waals surface area contributed by atoms with Crippen LogP contribution in [0.2, 0.25) is 0 Å². The highest BCUT2D eigenvalue weighted by atomic mass is 35.5. The zero-order chi connectivity index (χ0) is 12.4. The normalized spacial score (nSPS) is 26.9. The van der Waals surface area contributed by atoms with Gasteiger partial charge in [0.2, 0.25) is 0 Å². The van der Waals surface area contributed by atoms with E-state index in [1.54, 1.807) is 0 Å². The van der Waals surface area contributed by atoms with Gasteiger partial charge in [-0.2, -0.15) is 0 Å². The Balaban J connectivity index is 1.79. The molecule has 1 fully saturated rings. The number of rotatable bonds is 2. The highest BCUT2D eigenvalue weighted by molar-refractivity contribution is 6.18. The molecule has 2 aliphatic rings.